The molecule has 0 bridgehead atoms. The molecule has 1 atom stereocenters. The predicted octanol–water partition coefficient (Wildman–Crippen LogP) is 2.84. The number of carbonyl (C=O) groups is 2. The van der Waals surface area contributed by atoms with E-state index in [0.29, 0.717) is 5.52 Å². The van der Waals surface area contributed by atoms with Crippen LogP contribution in [-0.4, -0.2) is 45.2 Å². The number of amides is 1. The molecule has 0 radical (unpaired) electrons. The summed E-state index contributed by atoms with van der Waals surface area (Å²) in [5.74, 6) is -2.25. The van der Waals surface area contributed by atoms with Gasteiger partial charge in [-0.2, -0.15) is 13.2 Å². The van der Waals surface area contributed by atoms with Gasteiger partial charge in [0.1, 0.15) is 5.69 Å². The highest BCUT2D eigenvalue weighted by Gasteiger charge is 2.47. The molecule has 1 fully saturated rings. The Balaban J connectivity index is 1.95. The van der Waals surface area contributed by atoms with Crippen LogP contribution in [0, 0.1) is 0 Å². The molecule has 5 nitrogen and oxygen atoms in total. The van der Waals surface area contributed by atoms with Crippen LogP contribution in [0.3, 0.4) is 0 Å². The first kappa shape index (κ1) is 17.2. The van der Waals surface area contributed by atoms with E-state index in [0.717, 1.165) is 17.0 Å². The second-order valence-corrected chi connectivity index (χ2v) is 6.11. The summed E-state index contributed by atoms with van der Waals surface area (Å²) in [5, 5.41) is 9.12. The molecule has 1 amide bonds. The second-order valence-electron chi connectivity index (χ2n) is 6.11. The van der Waals surface area contributed by atoms with Gasteiger partial charge in [0.15, 0.2) is 0 Å². The van der Waals surface area contributed by atoms with E-state index in [1.165, 1.54) is 23.7 Å². The Morgan fingerprint density at radius 2 is 1.92 bits per heavy atom. The highest BCUT2D eigenvalue weighted by molar-refractivity contribution is 5.99. The Kier molecular flexibility index (Phi) is 3.77. The maximum Gasteiger partial charge on any atom is 0.416 e. The molecule has 134 valence electrons. The molecule has 0 saturated carbocycles. The Morgan fingerprint density at radius 1 is 1.24 bits per heavy atom. The third kappa shape index (κ3) is 2.83. The van der Waals surface area contributed by atoms with E-state index >= 15 is 0 Å². The summed E-state index contributed by atoms with van der Waals surface area (Å²) in [6.45, 7) is -0.659. The lowest BCUT2D eigenvalue weighted by Crippen LogP contribution is -2.39. The molecule has 2 aromatic rings. The predicted molar refractivity (Wildman–Crippen MR) is 79.9 cm³/mol. The lowest BCUT2D eigenvalue weighted by molar-refractivity contribution is -0.149. The normalized spacial score (nSPS) is 21.1. The number of hydrogen-bond acceptors (Lipinski definition) is 2. The Labute approximate surface area is 139 Å². The summed E-state index contributed by atoms with van der Waals surface area (Å²) in [7, 11) is 1.51. The maximum atomic E-state index is 14.1. The number of benzene rings is 1. The van der Waals surface area contributed by atoms with Crippen LogP contribution < -0.4 is 0 Å². The number of alkyl halides is 4. The van der Waals surface area contributed by atoms with E-state index in [4.69, 9.17) is 5.11 Å². The number of aromatic nitrogens is 1. The van der Waals surface area contributed by atoms with Gasteiger partial charge in [0.05, 0.1) is 12.1 Å². The molecule has 1 aromatic heterocycles. The molecule has 1 unspecified atom stereocenters. The molecule has 0 spiro atoms. The molecule has 25 heavy (non-hydrogen) atoms. The van der Waals surface area contributed by atoms with Crippen molar-refractivity contribution in [2.24, 2.45) is 7.05 Å². The summed E-state index contributed by atoms with van der Waals surface area (Å²) in [6.07, 6.45) is -4.82. The molecule has 1 N–H and O–H groups in total. The van der Waals surface area contributed by atoms with Gasteiger partial charge in [0.25, 0.3) is 5.91 Å². The number of carboxylic acids is 1. The van der Waals surface area contributed by atoms with Gasteiger partial charge in [-0.05, 0) is 24.3 Å². The molecule has 1 aliphatic rings. The van der Waals surface area contributed by atoms with Gasteiger partial charge >= 0.3 is 12.1 Å². The topological polar surface area (TPSA) is 62.5 Å². The van der Waals surface area contributed by atoms with Crippen molar-refractivity contribution in [1.82, 2.24) is 9.47 Å². The molecule has 3 rings (SSSR count). The van der Waals surface area contributed by atoms with Crippen LogP contribution in [0.15, 0.2) is 24.3 Å². The Hall–Kier alpha value is -2.58. The molecular formula is C16H14F4N2O3. The van der Waals surface area contributed by atoms with E-state index in [1.807, 2.05) is 0 Å². The van der Waals surface area contributed by atoms with Gasteiger partial charge in [-0.15, -0.1) is 0 Å². The zero-order valence-corrected chi connectivity index (χ0v) is 13.1. The van der Waals surface area contributed by atoms with Crippen molar-refractivity contribution < 1.29 is 32.3 Å². The molecule has 1 aliphatic heterocycles. The summed E-state index contributed by atoms with van der Waals surface area (Å²) in [6, 6.07) is 4.41. The molecule has 0 aliphatic carbocycles. The molecule has 9 heteroatoms. The van der Waals surface area contributed by atoms with Gasteiger partial charge in [-0.1, -0.05) is 0 Å². The van der Waals surface area contributed by atoms with Gasteiger partial charge in [-0.25, -0.2) is 9.18 Å². The summed E-state index contributed by atoms with van der Waals surface area (Å²) >= 11 is 0. The lowest BCUT2D eigenvalue weighted by Gasteiger charge is -2.18. The Morgan fingerprint density at radius 3 is 2.48 bits per heavy atom. The first-order valence-electron chi connectivity index (χ1n) is 7.41. The second kappa shape index (κ2) is 5.47. The van der Waals surface area contributed by atoms with Gasteiger partial charge in [0, 0.05) is 30.9 Å². The fourth-order valence-electron chi connectivity index (χ4n) is 3.01. The number of fused-ring (bicyclic) bond motifs is 1. The quantitative estimate of drug-likeness (QED) is 0.840. The lowest BCUT2D eigenvalue weighted by atomic mass is 10.1. The minimum absolute atomic E-state index is 0.0725. The minimum Gasteiger partial charge on any atom is -0.479 e. The maximum absolute atomic E-state index is 14.1. The molecule has 1 saturated heterocycles. The minimum atomic E-state index is -4.50. The smallest absolute Gasteiger partial charge is 0.416 e. The SMILES string of the molecule is Cn1c(C(=O)N2CCC(F)(C(=O)O)C2)cc2cc(C(F)(F)F)ccc21. The van der Waals surface area contributed by atoms with Crippen LogP contribution in [0.5, 0.6) is 0 Å². The largest absolute Gasteiger partial charge is 0.479 e. The van der Waals surface area contributed by atoms with Crippen molar-refractivity contribution in [3.8, 4) is 0 Å². The van der Waals surface area contributed by atoms with E-state index in [-0.39, 0.29) is 24.0 Å². The summed E-state index contributed by atoms with van der Waals surface area (Å²) in [5.41, 5.74) is -2.84. The average molecular weight is 358 g/mol. The standard InChI is InChI=1S/C16H14F4N2O3/c1-21-11-3-2-10(16(18,19)20)6-9(11)7-12(21)13(23)22-5-4-15(17,8-22)14(24)25/h2-3,6-7H,4-5,8H2,1H3,(H,24,25). The zero-order valence-electron chi connectivity index (χ0n) is 13.1. The van der Waals surface area contributed by atoms with Crippen molar-refractivity contribution in [3.63, 3.8) is 0 Å². The van der Waals surface area contributed by atoms with E-state index < -0.39 is 35.8 Å². The number of aryl methyl sites for hydroxylation is 1. The molecule has 1 aromatic carbocycles. The van der Waals surface area contributed by atoms with Crippen molar-refractivity contribution in [2.45, 2.75) is 18.3 Å². The number of likely N-dealkylation sites (tertiary alicyclic amines) is 1. The van der Waals surface area contributed by atoms with Gasteiger partial charge in [-0.3, -0.25) is 4.79 Å². The van der Waals surface area contributed by atoms with E-state index in [1.54, 1.807) is 0 Å². The van der Waals surface area contributed by atoms with Crippen molar-refractivity contribution in [3.05, 3.63) is 35.5 Å². The number of halogens is 4. The Bertz CT molecular complexity index is 874. The summed E-state index contributed by atoms with van der Waals surface area (Å²) < 4.78 is 54.0. The zero-order chi connectivity index (χ0) is 18.6. The average Bonchev–Trinajstić information content (AvgIpc) is 3.08. The van der Waals surface area contributed by atoms with Crippen LogP contribution in [0.2, 0.25) is 0 Å². The number of rotatable bonds is 2. The number of carbonyl (C=O) groups excluding carboxylic acids is 1. The van der Waals surface area contributed by atoms with Crippen LogP contribution in [0.4, 0.5) is 17.6 Å². The van der Waals surface area contributed by atoms with Crippen LogP contribution in [-0.2, 0) is 18.0 Å². The number of nitrogens with zero attached hydrogens (tertiary/aromatic N) is 2. The van der Waals surface area contributed by atoms with Crippen LogP contribution in [0.1, 0.15) is 22.5 Å². The number of carboxylic acid groups (broad SMARTS) is 1. The fourth-order valence-corrected chi connectivity index (χ4v) is 3.01. The van der Waals surface area contributed by atoms with Crippen LogP contribution >= 0.6 is 0 Å². The number of aliphatic carboxylic acids is 1. The first-order chi connectivity index (χ1) is 11.5. The third-order valence-corrected chi connectivity index (χ3v) is 4.48. The molecular weight excluding hydrogens is 344 g/mol. The van der Waals surface area contributed by atoms with Crippen LogP contribution in [0.25, 0.3) is 10.9 Å². The fraction of sp³-hybridized carbons (Fsp3) is 0.375. The highest BCUT2D eigenvalue weighted by Crippen LogP contribution is 2.33. The molecule has 2 heterocycles. The highest BCUT2D eigenvalue weighted by atomic mass is 19.4. The van der Waals surface area contributed by atoms with Gasteiger partial charge in [0.2, 0.25) is 5.67 Å². The van der Waals surface area contributed by atoms with Crippen molar-refractivity contribution in [1.29, 1.82) is 0 Å². The van der Waals surface area contributed by atoms with E-state index in [9.17, 15) is 27.2 Å². The monoisotopic (exact) mass is 358 g/mol. The third-order valence-electron chi connectivity index (χ3n) is 4.48. The number of hydrogen-bond donors (Lipinski definition) is 1. The van der Waals surface area contributed by atoms with E-state index in [2.05, 4.69) is 0 Å². The summed E-state index contributed by atoms with van der Waals surface area (Å²) in [4.78, 5) is 24.6. The van der Waals surface area contributed by atoms with Crippen molar-refractivity contribution >= 4 is 22.8 Å². The first-order valence-corrected chi connectivity index (χ1v) is 7.41. The van der Waals surface area contributed by atoms with Gasteiger partial charge < -0.3 is 14.6 Å². The van der Waals surface area contributed by atoms with Crippen molar-refractivity contribution in [2.75, 3.05) is 13.1 Å².